The van der Waals surface area contributed by atoms with Crippen molar-refractivity contribution >= 4 is 56.5 Å². The zero-order chi connectivity index (χ0) is 59.6. The molecule has 0 radical (unpaired) electrons. The molecule has 3 atom stereocenters. The van der Waals surface area contributed by atoms with Gasteiger partial charge in [0.1, 0.15) is 0 Å². The normalized spacial score (nSPS) is 22.7. The van der Waals surface area contributed by atoms with Crippen LogP contribution in [0.5, 0.6) is 0 Å². The maximum Gasteiger partial charge on any atom is 0.0563 e. The van der Waals surface area contributed by atoms with Crippen molar-refractivity contribution in [3.8, 4) is 0 Å². The van der Waals surface area contributed by atoms with Crippen LogP contribution in [0, 0.1) is 0 Å². The Morgan fingerprint density at radius 1 is 0.443 bits per heavy atom. The third kappa shape index (κ3) is 7.69. The number of allylic oxidation sites excluding steroid dienone is 15. The van der Waals surface area contributed by atoms with Crippen LogP contribution in [-0.2, 0) is 21.7 Å². The van der Waals surface area contributed by atoms with Gasteiger partial charge in [0.15, 0.2) is 0 Å². The van der Waals surface area contributed by atoms with Gasteiger partial charge in [-0.3, -0.25) is 0 Å². The van der Waals surface area contributed by atoms with Crippen molar-refractivity contribution in [2.24, 2.45) is 0 Å². The first kappa shape index (κ1) is 53.4. The van der Waals surface area contributed by atoms with Crippen LogP contribution in [0.25, 0.3) is 16.7 Å². The molecule has 2 heterocycles. The Labute approximate surface area is 521 Å². The molecule has 17 rings (SSSR count). The molecule has 0 amide bonds. The van der Waals surface area contributed by atoms with Gasteiger partial charge in [-0.2, -0.15) is 0 Å². The summed E-state index contributed by atoms with van der Waals surface area (Å²) in [6.45, 7) is 19.6. The van der Waals surface area contributed by atoms with E-state index in [0.717, 1.165) is 50.6 Å². The maximum absolute atomic E-state index is 2.79. The molecule has 0 spiro atoms. The lowest BCUT2D eigenvalue weighted by Crippen LogP contribution is -2.39. The summed E-state index contributed by atoms with van der Waals surface area (Å²) in [5, 5.41) is 0. The minimum Gasteiger partial charge on any atom is -0.338 e. The maximum atomic E-state index is 2.79. The van der Waals surface area contributed by atoms with Crippen LogP contribution in [0.2, 0.25) is 0 Å². The Morgan fingerprint density at radius 2 is 1.02 bits per heavy atom. The van der Waals surface area contributed by atoms with E-state index < -0.39 is 0 Å². The smallest absolute Gasteiger partial charge is 0.0563 e. The van der Waals surface area contributed by atoms with Crippen LogP contribution < -0.4 is 14.7 Å². The summed E-state index contributed by atoms with van der Waals surface area (Å²) >= 11 is 0. The van der Waals surface area contributed by atoms with Crippen LogP contribution in [0.4, 0.5) is 39.8 Å². The molecule has 0 N–H and O–H groups in total. The second-order valence-electron chi connectivity index (χ2n) is 28.5. The Kier molecular flexibility index (Phi) is 11.7. The number of anilines is 7. The van der Waals surface area contributed by atoms with Gasteiger partial charge in [-0.25, -0.2) is 0 Å². The van der Waals surface area contributed by atoms with E-state index in [1.807, 2.05) is 0 Å². The molecule has 2 aliphatic heterocycles. The van der Waals surface area contributed by atoms with E-state index in [4.69, 9.17) is 0 Å². The van der Waals surface area contributed by atoms with Gasteiger partial charge in [-0.05, 0) is 207 Å². The molecule has 0 saturated heterocycles. The van der Waals surface area contributed by atoms with Crippen LogP contribution in [0.15, 0.2) is 264 Å². The lowest BCUT2D eigenvalue weighted by molar-refractivity contribution is 0.345. The summed E-state index contributed by atoms with van der Waals surface area (Å²) in [6.07, 6.45) is 32.3. The predicted octanol–water partition coefficient (Wildman–Crippen LogP) is 21.4. The van der Waals surface area contributed by atoms with E-state index in [2.05, 4.69) is 300 Å². The largest absolute Gasteiger partial charge is 0.338 e. The zero-order valence-corrected chi connectivity index (χ0v) is 52.3. The highest BCUT2D eigenvalue weighted by molar-refractivity contribution is 5.94. The number of fused-ring (bicyclic) bond motifs is 13. The second-order valence-corrected chi connectivity index (χ2v) is 28.5. The average Bonchev–Trinajstić information content (AvgIpc) is 1.48. The highest BCUT2D eigenvalue weighted by atomic mass is 15.2. The van der Waals surface area contributed by atoms with Gasteiger partial charge in [-0.1, -0.05) is 195 Å². The number of para-hydroxylation sites is 2. The highest BCUT2D eigenvalue weighted by Crippen LogP contribution is 2.63. The summed E-state index contributed by atoms with van der Waals surface area (Å²) < 4.78 is 0. The summed E-state index contributed by atoms with van der Waals surface area (Å²) in [4.78, 5) is 10.7. The molecule has 7 aromatic carbocycles. The molecule has 0 aromatic heterocycles. The van der Waals surface area contributed by atoms with Crippen LogP contribution in [-0.4, -0.2) is 17.0 Å². The molecule has 0 saturated carbocycles. The van der Waals surface area contributed by atoms with E-state index >= 15 is 0 Å². The van der Waals surface area contributed by atoms with Crippen molar-refractivity contribution in [2.75, 3.05) is 14.7 Å². The molecule has 8 aliphatic carbocycles. The monoisotopic (exact) mass is 1140 g/mol. The average molecular weight is 1140 g/mol. The molecule has 3 unspecified atom stereocenters. The summed E-state index contributed by atoms with van der Waals surface area (Å²) in [5.74, 6) is 0.115. The van der Waals surface area contributed by atoms with Gasteiger partial charge in [0.25, 0.3) is 0 Å². The lowest BCUT2D eigenvalue weighted by atomic mass is 9.69. The molecule has 434 valence electrons. The van der Waals surface area contributed by atoms with Crippen molar-refractivity contribution in [2.45, 2.75) is 140 Å². The van der Waals surface area contributed by atoms with Gasteiger partial charge < -0.3 is 19.6 Å². The lowest BCUT2D eigenvalue weighted by Gasteiger charge is -2.46. The van der Waals surface area contributed by atoms with E-state index in [1.54, 1.807) is 0 Å². The molecule has 4 nitrogen and oxygen atoms in total. The number of nitrogens with zero attached hydrogens (tertiary/aromatic N) is 4. The van der Waals surface area contributed by atoms with Crippen molar-refractivity contribution in [3.05, 3.63) is 308 Å². The molecular formula is C84H78N4. The molecule has 0 bridgehead atoms. The SMILES string of the molecule is CC1(C)C2=CC(N(C3=CCCC=C3)C3=CC4=C5C(C3)c3cc(N(c6ccccc6)C6C=C7C(=CC6)c6ccccc6C7(C)C)ccc3N5c3ccc(N(c5ccccc5)c5ccc6c(c5)C(C)(C)C5=C6CCC=C5)cc3C4(C)C)CC=C2c2ccccc21. The third-order valence-electron chi connectivity index (χ3n) is 22.2. The molecule has 0 fully saturated rings. The zero-order valence-electron chi connectivity index (χ0n) is 52.3. The van der Waals surface area contributed by atoms with Crippen LogP contribution in [0.3, 0.4) is 0 Å². The first-order valence-corrected chi connectivity index (χ1v) is 32.7. The minimum absolute atomic E-state index is 0.0840. The fourth-order valence-corrected chi connectivity index (χ4v) is 17.9. The molecule has 88 heavy (non-hydrogen) atoms. The first-order valence-electron chi connectivity index (χ1n) is 32.7. The van der Waals surface area contributed by atoms with Crippen LogP contribution >= 0.6 is 0 Å². The number of hydrogen-bond acceptors (Lipinski definition) is 4. The number of benzene rings is 7. The van der Waals surface area contributed by atoms with Gasteiger partial charge >= 0.3 is 0 Å². The fourth-order valence-electron chi connectivity index (χ4n) is 17.9. The van der Waals surface area contributed by atoms with Crippen molar-refractivity contribution in [1.29, 1.82) is 0 Å². The molecular weight excluding hydrogens is 1060 g/mol. The Morgan fingerprint density at radius 3 is 1.69 bits per heavy atom. The van der Waals surface area contributed by atoms with Crippen molar-refractivity contribution < 1.29 is 0 Å². The Bertz CT molecular complexity index is 4500. The molecule has 10 aliphatic rings. The fraction of sp³-hybridized carbons (Fsp3) is 0.262. The van der Waals surface area contributed by atoms with Gasteiger partial charge in [0.05, 0.1) is 17.8 Å². The number of rotatable bonds is 9. The van der Waals surface area contributed by atoms with Gasteiger partial charge in [0, 0.05) is 85.2 Å². The van der Waals surface area contributed by atoms with E-state index in [0.29, 0.717) is 0 Å². The van der Waals surface area contributed by atoms with Gasteiger partial charge in [0.2, 0.25) is 0 Å². The standard InChI is InChI=1S/C84H78N4/c1-81(2)70-33-21-18-30-62(70)65-41-36-57(48-73(65)81)85(53-24-12-9-13-25-53)56-39-44-78-68(46-56)69-47-61(87(55-28-16-11-17-29-55)59-38-43-67-64-32-20-23-35-72(64)83(5,6)75(67)50-59)52-77-80(69)88(78)79-45-40-60(51-76(79)84(77,7)8)86(54-26-14-10-15-27-54)58-37-42-66-63-31-19-22-34-71(63)82(3,4)74(66)49-58/h9-10,12-16,18,20-30,32-35,37,39-46,48-52,57,59,69H,11,17,19,31,36,38,47H2,1-8H3. The summed E-state index contributed by atoms with van der Waals surface area (Å²) in [5.41, 5.74) is 33.4. The number of hydrogen-bond donors (Lipinski definition) is 0. The quantitative estimate of drug-likeness (QED) is 0.143. The van der Waals surface area contributed by atoms with Gasteiger partial charge in [-0.15, -0.1) is 0 Å². The summed E-state index contributed by atoms with van der Waals surface area (Å²) in [7, 11) is 0. The topological polar surface area (TPSA) is 13.0 Å². The second kappa shape index (κ2) is 19.3. The van der Waals surface area contributed by atoms with Crippen LogP contribution in [0.1, 0.15) is 151 Å². The Hall–Kier alpha value is -8.86. The highest BCUT2D eigenvalue weighted by Gasteiger charge is 2.50. The third-order valence-corrected chi connectivity index (χ3v) is 22.2. The molecule has 4 heteroatoms. The minimum atomic E-state index is -0.376. The first-order chi connectivity index (χ1) is 42.7. The molecule has 7 aromatic rings. The summed E-state index contributed by atoms with van der Waals surface area (Å²) in [6, 6.07) is 63.1. The Balaban J connectivity index is 0.840. The van der Waals surface area contributed by atoms with Crippen molar-refractivity contribution in [3.63, 3.8) is 0 Å². The van der Waals surface area contributed by atoms with E-state index in [9.17, 15) is 0 Å². The van der Waals surface area contributed by atoms with Crippen molar-refractivity contribution in [1.82, 2.24) is 4.90 Å². The van der Waals surface area contributed by atoms with E-state index in [-0.39, 0.29) is 39.7 Å². The predicted molar refractivity (Wildman–Crippen MR) is 368 cm³/mol. The van der Waals surface area contributed by atoms with E-state index in [1.165, 1.54) is 135 Å².